The van der Waals surface area contributed by atoms with Crippen LogP contribution in [-0.4, -0.2) is 10.5 Å². The zero-order valence-electron chi connectivity index (χ0n) is 17.9. The minimum absolute atomic E-state index is 0.0833. The first-order valence-electron chi connectivity index (χ1n) is 10.3. The number of nitrogens with zero attached hydrogens (tertiary/aromatic N) is 2. The molecule has 0 unspecified atom stereocenters. The van der Waals surface area contributed by atoms with Crippen LogP contribution < -0.4 is 5.32 Å². The van der Waals surface area contributed by atoms with Crippen molar-refractivity contribution < 1.29 is 18.0 Å². The first-order valence-corrected chi connectivity index (χ1v) is 11.0. The molecule has 176 valence electrons. The molecule has 0 aliphatic carbocycles. The van der Waals surface area contributed by atoms with E-state index in [1.54, 1.807) is 12.3 Å². The van der Waals surface area contributed by atoms with E-state index < -0.39 is 17.6 Å². The molecule has 1 amide bonds. The van der Waals surface area contributed by atoms with Crippen LogP contribution in [0.1, 0.15) is 16.7 Å². The number of alkyl halides is 3. The monoisotopic (exact) mass is 513 g/mol. The van der Waals surface area contributed by atoms with Crippen molar-refractivity contribution in [2.75, 3.05) is 5.32 Å². The van der Waals surface area contributed by atoms with E-state index in [-0.39, 0.29) is 16.3 Å². The normalized spacial score (nSPS) is 11.9. The molecular weight excluding hydrogens is 498 g/mol. The van der Waals surface area contributed by atoms with Crippen LogP contribution in [0, 0.1) is 11.3 Å². The molecule has 1 heterocycles. The number of halogens is 5. The van der Waals surface area contributed by atoms with Crippen LogP contribution in [0.3, 0.4) is 0 Å². The number of para-hydroxylation sites is 1. The first kappa shape index (κ1) is 24.4. The van der Waals surface area contributed by atoms with Gasteiger partial charge in [-0.3, -0.25) is 4.79 Å². The Kier molecular flexibility index (Phi) is 6.88. The zero-order valence-corrected chi connectivity index (χ0v) is 19.4. The van der Waals surface area contributed by atoms with E-state index in [1.807, 2.05) is 53.1 Å². The quantitative estimate of drug-likeness (QED) is 0.221. The third-order valence-electron chi connectivity index (χ3n) is 5.32. The van der Waals surface area contributed by atoms with Crippen molar-refractivity contribution in [1.82, 2.24) is 4.57 Å². The Balaban J connectivity index is 1.69. The summed E-state index contributed by atoms with van der Waals surface area (Å²) in [4.78, 5) is 12.8. The van der Waals surface area contributed by atoms with Gasteiger partial charge in [0.05, 0.1) is 16.3 Å². The highest BCUT2D eigenvalue weighted by Gasteiger charge is 2.31. The van der Waals surface area contributed by atoms with Gasteiger partial charge in [0, 0.05) is 34.2 Å². The van der Waals surface area contributed by atoms with Gasteiger partial charge in [-0.1, -0.05) is 59.6 Å². The molecular formula is C26H16Cl2F3N3O. The number of amides is 1. The fourth-order valence-electron chi connectivity index (χ4n) is 3.62. The summed E-state index contributed by atoms with van der Waals surface area (Å²) < 4.78 is 41.1. The molecule has 9 heteroatoms. The summed E-state index contributed by atoms with van der Waals surface area (Å²) in [5, 5.41) is 13.2. The topological polar surface area (TPSA) is 57.8 Å². The van der Waals surface area contributed by atoms with E-state index >= 15 is 0 Å². The number of carbonyl (C=O) groups is 1. The molecule has 1 N–H and O–H groups in total. The number of benzene rings is 3. The molecule has 4 nitrogen and oxygen atoms in total. The molecule has 0 atom stereocenters. The van der Waals surface area contributed by atoms with Crippen LogP contribution in [0.5, 0.6) is 0 Å². The van der Waals surface area contributed by atoms with Crippen molar-refractivity contribution in [1.29, 1.82) is 5.26 Å². The molecule has 0 aliphatic rings. The lowest BCUT2D eigenvalue weighted by molar-refractivity contribution is -0.137. The molecule has 0 aliphatic heterocycles. The van der Waals surface area contributed by atoms with Gasteiger partial charge in [-0.2, -0.15) is 18.4 Å². The van der Waals surface area contributed by atoms with Crippen molar-refractivity contribution >= 4 is 51.8 Å². The Morgan fingerprint density at radius 2 is 1.74 bits per heavy atom. The van der Waals surface area contributed by atoms with Gasteiger partial charge in [0.1, 0.15) is 11.6 Å². The van der Waals surface area contributed by atoms with Gasteiger partial charge in [-0.25, -0.2) is 0 Å². The molecule has 35 heavy (non-hydrogen) atoms. The summed E-state index contributed by atoms with van der Waals surface area (Å²) in [7, 11) is 0. The lowest BCUT2D eigenvalue weighted by Crippen LogP contribution is -2.15. The second kappa shape index (κ2) is 9.87. The van der Waals surface area contributed by atoms with Crippen LogP contribution in [-0.2, 0) is 17.5 Å². The number of aromatic nitrogens is 1. The second-order valence-electron chi connectivity index (χ2n) is 7.64. The number of nitrogens with one attached hydrogen (secondary N) is 1. The lowest BCUT2D eigenvalue weighted by Gasteiger charge is -2.11. The summed E-state index contributed by atoms with van der Waals surface area (Å²) in [6.07, 6.45) is -1.43. The van der Waals surface area contributed by atoms with E-state index in [2.05, 4.69) is 5.32 Å². The van der Waals surface area contributed by atoms with Gasteiger partial charge < -0.3 is 9.88 Å². The van der Waals surface area contributed by atoms with Gasteiger partial charge in [0.2, 0.25) is 0 Å². The molecule has 0 radical (unpaired) electrons. The number of nitriles is 1. The van der Waals surface area contributed by atoms with Crippen LogP contribution in [0.4, 0.5) is 18.9 Å². The molecule has 0 saturated heterocycles. The Morgan fingerprint density at radius 1 is 1.03 bits per heavy atom. The predicted octanol–water partition coefficient (Wildman–Crippen LogP) is 7.56. The minimum atomic E-state index is -4.61. The Hall–Kier alpha value is -3.73. The molecule has 0 fully saturated rings. The van der Waals surface area contributed by atoms with Gasteiger partial charge in [-0.15, -0.1) is 0 Å². The first-order chi connectivity index (χ1) is 16.7. The number of fused-ring (bicyclic) bond motifs is 1. The van der Waals surface area contributed by atoms with E-state index in [4.69, 9.17) is 23.2 Å². The van der Waals surface area contributed by atoms with Crippen molar-refractivity contribution in [2.24, 2.45) is 0 Å². The smallest absolute Gasteiger partial charge is 0.342 e. The average Bonchev–Trinajstić information content (AvgIpc) is 3.16. The van der Waals surface area contributed by atoms with Crippen molar-refractivity contribution in [2.45, 2.75) is 12.7 Å². The molecule has 1 aromatic heterocycles. The number of carbonyl (C=O) groups excluding carboxylic acids is 1. The predicted molar refractivity (Wildman–Crippen MR) is 131 cm³/mol. The minimum Gasteiger partial charge on any atom is -0.342 e. The van der Waals surface area contributed by atoms with Crippen molar-refractivity contribution in [3.05, 3.63) is 105 Å². The maximum Gasteiger partial charge on any atom is 0.416 e. The standard InChI is InChI=1S/C26H16Cl2F3N3O/c27-21-7-3-1-5-16(21)14-34-15-18(20-6-2-4-8-24(20)34)11-17(13-32)25(35)33-23-12-19(26(29,30)31)9-10-22(23)28/h1-12,15H,14H2,(H,33,35). The highest BCUT2D eigenvalue weighted by atomic mass is 35.5. The fourth-order valence-corrected chi connectivity index (χ4v) is 3.98. The van der Waals surface area contributed by atoms with Crippen LogP contribution in [0.15, 0.2) is 78.5 Å². The van der Waals surface area contributed by atoms with Crippen LogP contribution >= 0.6 is 23.2 Å². The Morgan fingerprint density at radius 3 is 2.46 bits per heavy atom. The van der Waals surface area contributed by atoms with Gasteiger partial charge in [0.25, 0.3) is 5.91 Å². The average molecular weight is 514 g/mol. The fraction of sp³-hybridized carbons (Fsp3) is 0.0769. The highest BCUT2D eigenvalue weighted by Crippen LogP contribution is 2.34. The van der Waals surface area contributed by atoms with Gasteiger partial charge in [-0.05, 0) is 42.0 Å². The van der Waals surface area contributed by atoms with Crippen molar-refractivity contribution in [3.63, 3.8) is 0 Å². The summed E-state index contributed by atoms with van der Waals surface area (Å²) in [5.74, 6) is -0.878. The zero-order chi connectivity index (χ0) is 25.2. The van der Waals surface area contributed by atoms with Crippen molar-refractivity contribution in [3.8, 4) is 6.07 Å². The SMILES string of the molecule is N#CC(=Cc1cn(Cc2ccccc2Cl)c2ccccc12)C(=O)Nc1cc(C(F)(F)F)ccc1Cl. The molecule has 3 aromatic carbocycles. The number of hydrogen-bond acceptors (Lipinski definition) is 2. The van der Waals surface area contributed by atoms with E-state index in [1.165, 1.54) is 6.08 Å². The Bertz CT molecular complexity index is 1500. The molecule has 4 aromatic rings. The third kappa shape index (κ3) is 5.35. The number of anilines is 1. The maximum absolute atomic E-state index is 13.1. The van der Waals surface area contributed by atoms with Gasteiger partial charge in [0.15, 0.2) is 0 Å². The van der Waals surface area contributed by atoms with Crippen LogP contribution in [0.2, 0.25) is 10.0 Å². The summed E-state index contributed by atoms with van der Waals surface area (Å²) in [6.45, 7) is 0.460. The molecule has 0 bridgehead atoms. The second-order valence-corrected chi connectivity index (χ2v) is 8.45. The van der Waals surface area contributed by atoms with E-state index in [0.29, 0.717) is 17.1 Å². The third-order valence-corrected chi connectivity index (χ3v) is 6.02. The Labute approximate surface area is 208 Å². The van der Waals surface area contributed by atoms with Crippen LogP contribution in [0.25, 0.3) is 17.0 Å². The highest BCUT2D eigenvalue weighted by molar-refractivity contribution is 6.34. The van der Waals surface area contributed by atoms with E-state index in [0.717, 1.165) is 34.7 Å². The van der Waals surface area contributed by atoms with E-state index in [9.17, 15) is 23.2 Å². The maximum atomic E-state index is 13.1. The molecule has 0 saturated carbocycles. The summed E-state index contributed by atoms with van der Waals surface area (Å²) in [5.41, 5.74) is 0.838. The lowest BCUT2D eigenvalue weighted by atomic mass is 10.1. The number of rotatable bonds is 5. The summed E-state index contributed by atoms with van der Waals surface area (Å²) in [6, 6.07) is 19.3. The largest absolute Gasteiger partial charge is 0.416 e. The summed E-state index contributed by atoms with van der Waals surface area (Å²) >= 11 is 12.3. The molecule has 4 rings (SSSR count). The molecule has 0 spiro atoms. The number of hydrogen-bond donors (Lipinski definition) is 1. The van der Waals surface area contributed by atoms with Gasteiger partial charge >= 0.3 is 6.18 Å².